The average molecular weight is 321 g/mol. The molecule has 0 bridgehead atoms. The van der Waals surface area contributed by atoms with Crippen molar-refractivity contribution in [1.29, 1.82) is 0 Å². The van der Waals surface area contributed by atoms with Crippen LogP contribution in [0.1, 0.15) is 32.8 Å². The standard InChI is InChI=1S/C17H27N3OS/c1-6-9-13(3)17(19-7-2)21-12-14-15(20(4)18)10-8-11-16(14)22-5/h8-11H,6-7,12,18H2,1-5H3/b13-9-,19-17+. The normalized spacial score (nSPS) is 12.5. The smallest absolute Gasteiger partial charge is 0.211 e. The van der Waals surface area contributed by atoms with E-state index in [1.165, 1.54) is 4.90 Å². The van der Waals surface area contributed by atoms with Gasteiger partial charge in [-0.05, 0) is 38.7 Å². The van der Waals surface area contributed by atoms with Crippen LogP contribution in [-0.2, 0) is 11.3 Å². The maximum atomic E-state index is 6.00. The van der Waals surface area contributed by atoms with E-state index in [2.05, 4.69) is 30.3 Å². The van der Waals surface area contributed by atoms with Crippen molar-refractivity contribution in [1.82, 2.24) is 0 Å². The van der Waals surface area contributed by atoms with Gasteiger partial charge in [-0.15, -0.1) is 11.8 Å². The van der Waals surface area contributed by atoms with Gasteiger partial charge < -0.3 is 9.75 Å². The van der Waals surface area contributed by atoms with Crippen molar-refractivity contribution in [3.05, 3.63) is 35.4 Å². The average Bonchev–Trinajstić information content (AvgIpc) is 2.51. The quantitative estimate of drug-likeness (QED) is 0.271. The first-order valence-corrected chi connectivity index (χ1v) is 8.76. The number of nitrogens with two attached hydrogens (primary N) is 1. The molecule has 122 valence electrons. The molecule has 0 aliphatic rings. The van der Waals surface area contributed by atoms with E-state index in [1.807, 2.05) is 33.0 Å². The second-order valence-electron chi connectivity index (χ2n) is 4.93. The Hall–Kier alpha value is -1.46. The second-order valence-corrected chi connectivity index (χ2v) is 5.78. The highest BCUT2D eigenvalue weighted by atomic mass is 32.2. The summed E-state index contributed by atoms with van der Waals surface area (Å²) in [4.78, 5) is 5.63. The number of thioether (sulfide) groups is 1. The minimum Gasteiger partial charge on any atom is -0.473 e. The number of hydrogen-bond acceptors (Lipinski definition) is 5. The first kappa shape index (κ1) is 18.6. The van der Waals surface area contributed by atoms with Crippen molar-refractivity contribution in [2.75, 3.05) is 24.9 Å². The molecule has 1 aromatic carbocycles. The van der Waals surface area contributed by atoms with Gasteiger partial charge in [0.1, 0.15) is 6.61 Å². The van der Waals surface area contributed by atoms with Crippen molar-refractivity contribution in [3.8, 4) is 0 Å². The largest absolute Gasteiger partial charge is 0.473 e. The monoisotopic (exact) mass is 321 g/mol. The molecule has 2 N–H and O–H groups in total. The molecular weight excluding hydrogens is 294 g/mol. The molecule has 1 rings (SSSR count). The number of benzene rings is 1. The predicted molar refractivity (Wildman–Crippen MR) is 97.6 cm³/mol. The van der Waals surface area contributed by atoms with Gasteiger partial charge in [-0.25, -0.2) is 5.84 Å². The van der Waals surface area contributed by atoms with E-state index in [9.17, 15) is 0 Å². The van der Waals surface area contributed by atoms with Crippen LogP contribution in [0.4, 0.5) is 5.69 Å². The molecule has 1 aromatic rings. The van der Waals surface area contributed by atoms with Gasteiger partial charge >= 0.3 is 0 Å². The van der Waals surface area contributed by atoms with Gasteiger partial charge in [0.2, 0.25) is 5.90 Å². The molecule has 0 aliphatic carbocycles. The minimum atomic E-state index is 0.460. The van der Waals surface area contributed by atoms with Crippen molar-refractivity contribution >= 4 is 23.3 Å². The number of hydrogen-bond donors (Lipinski definition) is 1. The summed E-state index contributed by atoms with van der Waals surface area (Å²) in [5.74, 6) is 6.65. The van der Waals surface area contributed by atoms with E-state index in [1.54, 1.807) is 16.8 Å². The Morgan fingerprint density at radius 2 is 2.14 bits per heavy atom. The molecule has 0 aromatic heterocycles. The number of nitrogens with zero attached hydrogens (tertiary/aromatic N) is 2. The first-order chi connectivity index (χ1) is 10.5. The van der Waals surface area contributed by atoms with E-state index in [0.29, 0.717) is 19.0 Å². The Balaban J connectivity index is 3.03. The fourth-order valence-electron chi connectivity index (χ4n) is 2.18. The molecule has 0 amide bonds. The number of aliphatic imine (C=N–C) groups is 1. The molecular formula is C17H27N3OS. The Labute approximate surface area is 138 Å². The predicted octanol–water partition coefficient (Wildman–Crippen LogP) is 4.01. The van der Waals surface area contributed by atoms with Gasteiger partial charge in [0.05, 0.1) is 5.69 Å². The summed E-state index contributed by atoms with van der Waals surface area (Å²) in [5.41, 5.74) is 3.14. The molecule has 0 spiro atoms. The Kier molecular flexibility index (Phi) is 8.06. The lowest BCUT2D eigenvalue weighted by Crippen LogP contribution is -2.26. The number of allylic oxidation sites excluding steroid dienone is 1. The van der Waals surface area contributed by atoms with Crippen molar-refractivity contribution in [3.63, 3.8) is 0 Å². The lowest BCUT2D eigenvalue weighted by Gasteiger charge is -2.20. The highest BCUT2D eigenvalue weighted by Crippen LogP contribution is 2.29. The Morgan fingerprint density at radius 3 is 2.68 bits per heavy atom. The molecule has 0 heterocycles. The van der Waals surface area contributed by atoms with Crippen molar-refractivity contribution in [2.45, 2.75) is 38.7 Å². The first-order valence-electron chi connectivity index (χ1n) is 7.53. The zero-order valence-electron chi connectivity index (χ0n) is 14.2. The maximum Gasteiger partial charge on any atom is 0.211 e. The van der Waals surface area contributed by atoms with E-state index in [4.69, 9.17) is 10.6 Å². The molecule has 5 heteroatoms. The van der Waals surface area contributed by atoms with Crippen LogP contribution in [0.15, 0.2) is 39.7 Å². The topological polar surface area (TPSA) is 50.8 Å². The molecule has 0 atom stereocenters. The number of anilines is 1. The molecule has 4 nitrogen and oxygen atoms in total. The number of rotatable bonds is 7. The third-order valence-corrected chi connectivity index (χ3v) is 4.03. The van der Waals surface area contributed by atoms with Crippen LogP contribution in [-0.4, -0.2) is 25.7 Å². The van der Waals surface area contributed by atoms with Crippen LogP contribution < -0.4 is 10.9 Å². The Morgan fingerprint density at radius 1 is 1.41 bits per heavy atom. The van der Waals surface area contributed by atoms with Crippen LogP contribution in [0.2, 0.25) is 0 Å². The highest BCUT2D eigenvalue weighted by Gasteiger charge is 2.12. The van der Waals surface area contributed by atoms with E-state index in [0.717, 1.165) is 23.2 Å². The van der Waals surface area contributed by atoms with E-state index < -0.39 is 0 Å². The summed E-state index contributed by atoms with van der Waals surface area (Å²) >= 11 is 1.69. The van der Waals surface area contributed by atoms with Crippen LogP contribution in [0.25, 0.3) is 0 Å². The summed E-state index contributed by atoms with van der Waals surface area (Å²) in [5, 5.41) is 1.63. The van der Waals surface area contributed by atoms with Gasteiger partial charge in [-0.1, -0.05) is 19.1 Å². The zero-order chi connectivity index (χ0) is 16.5. The molecule has 0 fully saturated rings. The molecule has 0 unspecified atom stereocenters. The third kappa shape index (κ3) is 5.07. The third-order valence-electron chi connectivity index (χ3n) is 3.21. The lowest BCUT2D eigenvalue weighted by molar-refractivity contribution is 0.289. The minimum absolute atomic E-state index is 0.460. The van der Waals surface area contributed by atoms with Crippen LogP contribution >= 0.6 is 11.8 Å². The summed E-state index contributed by atoms with van der Waals surface area (Å²) < 4.78 is 6.00. The van der Waals surface area contributed by atoms with E-state index >= 15 is 0 Å². The van der Waals surface area contributed by atoms with E-state index in [-0.39, 0.29) is 0 Å². The number of hydrazine groups is 1. The van der Waals surface area contributed by atoms with Gasteiger partial charge in [0.25, 0.3) is 0 Å². The molecule has 22 heavy (non-hydrogen) atoms. The maximum absolute atomic E-state index is 6.00. The van der Waals surface area contributed by atoms with Gasteiger partial charge in [0.15, 0.2) is 0 Å². The van der Waals surface area contributed by atoms with Gasteiger partial charge in [-0.3, -0.25) is 4.99 Å². The Bertz CT molecular complexity index is 539. The fourth-order valence-corrected chi connectivity index (χ4v) is 2.81. The van der Waals surface area contributed by atoms with Crippen LogP contribution in [0.5, 0.6) is 0 Å². The summed E-state index contributed by atoms with van der Waals surface area (Å²) in [6, 6.07) is 6.10. The summed E-state index contributed by atoms with van der Waals surface area (Å²) in [6.07, 6.45) is 5.16. The summed E-state index contributed by atoms with van der Waals surface area (Å²) in [6.45, 7) is 7.32. The van der Waals surface area contributed by atoms with Crippen LogP contribution in [0.3, 0.4) is 0 Å². The molecule has 0 aliphatic heterocycles. The lowest BCUT2D eigenvalue weighted by atomic mass is 10.2. The summed E-state index contributed by atoms with van der Waals surface area (Å²) in [7, 11) is 1.84. The second kappa shape index (κ2) is 9.54. The molecule has 0 radical (unpaired) electrons. The molecule has 0 saturated heterocycles. The fraction of sp³-hybridized carbons (Fsp3) is 0.471. The van der Waals surface area contributed by atoms with Crippen LogP contribution in [0, 0.1) is 0 Å². The SMILES string of the molecule is CC/C=C(C)\C(=N/CC)OCc1c(SC)cccc1N(C)N. The van der Waals surface area contributed by atoms with Crippen molar-refractivity contribution < 1.29 is 4.74 Å². The highest BCUT2D eigenvalue weighted by molar-refractivity contribution is 7.98. The van der Waals surface area contributed by atoms with Crippen molar-refractivity contribution in [2.24, 2.45) is 10.8 Å². The van der Waals surface area contributed by atoms with Gasteiger partial charge in [-0.2, -0.15) is 0 Å². The zero-order valence-corrected chi connectivity index (χ0v) is 15.0. The van der Waals surface area contributed by atoms with Gasteiger partial charge in [0, 0.05) is 29.6 Å². The number of ether oxygens (including phenoxy) is 1. The molecule has 0 saturated carbocycles.